The van der Waals surface area contributed by atoms with Gasteiger partial charge in [0.25, 0.3) is 5.91 Å². The van der Waals surface area contributed by atoms with Crippen molar-refractivity contribution in [2.75, 3.05) is 0 Å². The van der Waals surface area contributed by atoms with Crippen LogP contribution >= 0.6 is 0 Å². The number of amides is 2. The molecule has 0 aliphatic heterocycles. The number of pyridine rings is 1. The summed E-state index contributed by atoms with van der Waals surface area (Å²) in [6.45, 7) is 3.74. The van der Waals surface area contributed by atoms with Gasteiger partial charge in [-0.15, -0.1) is 0 Å². The van der Waals surface area contributed by atoms with Gasteiger partial charge in [0.2, 0.25) is 5.91 Å². The molecule has 2 aliphatic rings. The molecule has 0 aromatic carbocycles. The summed E-state index contributed by atoms with van der Waals surface area (Å²) < 4.78 is 2.02. The molecular weight excluding hydrogens is 354 g/mol. The minimum atomic E-state index is -0.700. The maximum Gasteiger partial charge on any atom is 0.252 e. The highest BCUT2D eigenvalue weighted by atomic mass is 16.2. The molecular formula is C21H29N5O2. The topological polar surface area (TPSA) is 103 Å². The van der Waals surface area contributed by atoms with Crippen LogP contribution in [0.2, 0.25) is 0 Å². The van der Waals surface area contributed by atoms with Crippen LogP contribution in [0.1, 0.15) is 86.8 Å². The monoisotopic (exact) mass is 383 g/mol. The number of primary amides is 1. The Morgan fingerprint density at radius 3 is 2.50 bits per heavy atom. The van der Waals surface area contributed by atoms with E-state index in [1.54, 1.807) is 6.20 Å². The number of hydrogen-bond donors (Lipinski definition) is 2. The van der Waals surface area contributed by atoms with Crippen molar-refractivity contribution in [2.24, 2.45) is 11.7 Å². The number of carbonyl (C=O) groups excluding carboxylic acids is 2. The molecule has 2 amide bonds. The Kier molecular flexibility index (Phi) is 5.08. The fraction of sp³-hybridized carbons (Fsp3) is 0.619. The Labute approximate surface area is 165 Å². The van der Waals surface area contributed by atoms with Crippen LogP contribution in [0.3, 0.4) is 0 Å². The number of carbonyl (C=O) groups is 2. The minimum Gasteiger partial charge on any atom is -0.368 e. The molecule has 2 aliphatic carbocycles. The van der Waals surface area contributed by atoms with Crippen LogP contribution in [0.25, 0.3) is 11.0 Å². The fourth-order valence-electron chi connectivity index (χ4n) is 4.19. The van der Waals surface area contributed by atoms with Crippen molar-refractivity contribution < 1.29 is 9.59 Å². The molecule has 2 heterocycles. The average molecular weight is 383 g/mol. The molecule has 1 atom stereocenters. The van der Waals surface area contributed by atoms with Crippen LogP contribution in [0, 0.1) is 5.92 Å². The molecule has 4 rings (SSSR count). The Balaban J connectivity index is 1.73. The molecule has 0 spiro atoms. The van der Waals surface area contributed by atoms with Gasteiger partial charge in [-0.1, -0.05) is 33.1 Å². The Hall–Kier alpha value is -2.44. The van der Waals surface area contributed by atoms with E-state index < -0.39 is 11.9 Å². The van der Waals surface area contributed by atoms with Crippen molar-refractivity contribution >= 4 is 22.8 Å². The highest BCUT2D eigenvalue weighted by molar-refractivity contribution is 6.06. The highest BCUT2D eigenvalue weighted by Crippen LogP contribution is 2.40. The first kappa shape index (κ1) is 18.9. The molecule has 150 valence electrons. The molecule has 2 aromatic heterocycles. The summed E-state index contributed by atoms with van der Waals surface area (Å²) in [5.41, 5.74) is 7.77. The predicted octanol–water partition coefficient (Wildman–Crippen LogP) is 3.05. The molecule has 0 unspecified atom stereocenters. The van der Waals surface area contributed by atoms with Gasteiger partial charge in [-0.2, -0.15) is 5.10 Å². The van der Waals surface area contributed by atoms with Gasteiger partial charge >= 0.3 is 0 Å². The summed E-state index contributed by atoms with van der Waals surface area (Å²) in [4.78, 5) is 29.7. The van der Waals surface area contributed by atoms with E-state index in [-0.39, 0.29) is 11.8 Å². The third-order valence-electron chi connectivity index (χ3n) is 6.01. The van der Waals surface area contributed by atoms with Gasteiger partial charge in [-0.3, -0.25) is 9.59 Å². The first-order valence-electron chi connectivity index (χ1n) is 10.4. The zero-order valence-electron chi connectivity index (χ0n) is 16.6. The number of aromatic nitrogens is 3. The van der Waals surface area contributed by atoms with Gasteiger partial charge in [0.15, 0.2) is 5.65 Å². The summed E-state index contributed by atoms with van der Waals surface area (Å²) in [6, 6.07) is 1.52. The van der Waals surface area contributed by atoms with E-state index in [4.69, 9.17) is 10.7 Å². The smallest absolute Gasteiger partial charge is 0.252 e. The number of rotatable bonds is 6. The van der Waals surface area contributed by atoms with Gasteiger partial charge in [-0.05, 0) is 37.7 Å². The van der Waals surface area contributed by atoms with E-state index in [1.165, 1.54) is 19.3 Å². The second-order valence-corrected chi connectivity index (χ2v) is 8.58. The maximum absolute atomic E-state index is 13.1. The molecule has 7 nitrogen and oxygen atoms in total. The molecule has 2 aromatic rings. The molecule has 2 fully saturated rings. The average Bonchev–Trinajstić information content (AvgIpc) is 3.44. The Morgan fingerprint density at radius 1 is 1.18 bits per heavy atom. The lowest BCUT2D eigenvalue weighted by Gasteiger charge is -2.22. The normalized spacial score (nSPS) is 19.1. The molecule has 0 radical (unpaired) electrons. The second kappa shape index (κ2) is 7.53. The van der Waals surface area contributed by atoms with Crippen LogP contribution in [-0.4, -0.2) is 32.6 Å². The van der Waals surface area contributed by atoms with Crippen molar-refractivity contribution in [2.45, 2.75) is 76.8 Å². The number of fused-ring (bicyclic) bond motifs is 1. The number of hydrogen-bond acceptors (Lipinski definition) is 4. The molecule has 2 saturated carbocycles. The number of nitrogens with two attached hydrogens (primary N) is 1. The van der Waals surface area contributed by atoms with Crippen LogP contribution < -0.4 is 11.1 Å². The van der Waals surface area contributed by atoms with Crippen molar-refractivity contribution in [3.05, 3.63) is 23.5 Å². The predicted molar refractivity (Wildman–Crippen MR) is 107 cm³/mol. The quantitative estimate of drug-likeness (QED) is 0.800. The summed E-state index contributed by atoms with van der Waals surface area (Å²) in [5.74, 6) is -0.460. The van der Waals surface area contributed by atoms with Crippen LogP contribution in [0.4, 0.5) is 0 Å². The van der Waals surface area contributed by atoms with Gasteiger partial charge in [0.05, 0.1) is 23.2 Å². The van der Waals surface area contributed by atoms with Crippen LogP contribution in [-0.2, 0) is 4.79 Å². The van der Waals surface area contributed by atoms with Crippen molar-refractivity contribution in [3.63, 3.8) is 0 Å². The summed E-state index contributed by atoms with van der Waals surface area (Å²) in [5, 5.41) is 8.19. The van der Waals surface area contributed by atoms with E-state index in [2.05, 4.69) is 10.4 Å². The molecule has 3 N–H and O–H groups in total. The van der Waals surface area contributed by atoms with E-state index >= 15 is 0 Å². The Bertz CT molecular complexity index is 894. The lowest BCUT2D eigenvalue weighted by atomic mass is 9.95. The molecule has 7 heteroatoms. The molecule has 28 heavy (non-hydrogen) atoms. The van der Waals surface area contributed by atoms with Crippen LogP contribution in [0.5, 0.6) is 0 Å². The van der Waals surface area contributed by atoms with E-state index in [0.29, 0.717) is 17.5 Å². The standard InChI is InChI=1S/C21H29N5O2/c1-12(2)18(19(22)27)25-21(28)15-10-17(13-8-9-13)24-20-16(15)11-23-26(20)14-6-4-3-5-7-14/h10-14,18H,3-9H2,1-2H3,(H2,22,27)(H,25,28)/t18-/m1/s1. The third kappa shape index (κ3) is 3.62. The fourth-order valence-corrected chi connectivity index (χ4v) is 4.19. The largest absolute Gasteiger partial charge is 0.368 e. The summed E-state index contributed by atoms with van der Waals surface area (Å²) >= 11 is 0. The molecule has 0 bridgehead atoms. The van der Waals surface area contributed by atoms with Crippen molar-refractivity contribution in [3.8, 4) is 0 Å². The molecule has 0 saturated heterocycles. The van der Waals surface area contributed by atoms with Gasteiger partial charge in [0.1, 0.15) is 6.04 Å². The number of nitrogens with one attached hydrogen (secondary N) is 1. The minimum absolute atomic E-state index is 0.0772. The SMILES string of the molecule is CC(C)[C@@H](NC(=O)c1cc(C2CC2)nc2c1cnn2C1CCCCC1)C(N)=O. The van der Waals surface area contributed by atoms with Crippen molar-refractivity contribution in [1.82, 2.24) is 20.1 Å². The zero-order valence-corrected chi connectivity index (χ0v) is 16.6. The third-order valence-corrected chi connectivity index (χ3v) is 6.01. The maximum atomic E-state index is 13.1. The van der Waals surface area contributed by atoms with E-state index in [9.17, 15) is 9.59 Å². The van der Waals surface area contributed by atoms with Gasteiger partial charge in [-0.25, -0.2) is 9.67 Å². The highest BCUT2D eigenvalue weighted by Gasteiger charge is 2.30. The summed E-state index contributed by atoms with van der Waals surface area (Å²) in [7, 11) is 0. The van der Waals surface area contributed by atoms with Gasteiger partial charge < -0.3 is 11.1 Å². The number of nitrogens with zero attached hydrogens (tertiary/aromatic N) is 3. The zero-order chi connectivity index (χ0) is 19.8. The first-order chi connectivity index (χ1) is 13.5. The lowest BCUT2D eigenvalue weighted by Crippen LogP contribution is -2.47. The van der Waals surface area contributed by atoms with E-state index in [1.807, 2.05) is 24.6 Å². The van der Waals surface area contributed by atoms with Crippen LogP contribution in [0.15, 0.2) is 12.3 Å². The lowest BCUT2D eigenvalue weighted by molar-refractivity contribution is -0.120. The summed E-state index contributed by atoms with van der Waals surface area (Å²) in [6.07, 6.45) is 9.84. The first-order valence-corrected chi connectivity index (χ1v) is 10.4. The Morgan fingerprint density at radius 2 is 1.89 bits per heavy atom. The van der Waals surface area contributed by atoms with E-state index in [0.717, 1.165) is 42.4 Å². The van der Waals surface area contributed by atoms with Crippen molar-refractivity contribution in [1.29, 1.82) is 0 Å². The van der Waals surface area contributed by atoms with Gasteiger partial charge in [0, 0.05) is 11.6 Å². The second-order valence-electron chi connectivity index (χ2n) is 8.58.